The van der Waals surface area contributed by atoms with E-state index in [9.17, 15) is 4.79 Å². The van der Waals surface area contributed by atoms with Gasteiger partial charge < -0.3 is 15.4 Å². The lowest BCUT2D eigenvalue weighted by molar-refractivity contribution is 0.0602. The second-order valence-corrected chi connectivity index (χ2v) is 7.10. The number of esters is 1. The Morgan fingerprint density at radius 2 is 2.21 bits per heavy atom. The predicted octanol–water partition coefficient (Wildman–Crippen LogP) is 3.42. The van der Waals surface area contributed by atoms with E-state index in [1.54, 1.807) is 6.07 Å². The largest absolute Gasteiger partial charge is 0.465 e. The van der Waals surface area contributed by atoms with Crippen molar-refractivity contribution in [3.05, 3.63) is 34.0 Å². The van der Waals surface area contributed by atoms with Crippen molar-refractivity contribution in [1.29, 1.82) is 0 Å². The summed E-state index contributed by atoms with van der Waals surface area (Å²) in [5, 5.41) is 11.9. The van der Waals surface area contributed by atoms with Gasteiger partial charge in [0.05, 0.1) is 24.4 Å². The first-order valence-corrected chi connectivity index (χ1v) is 8.88. The molecule has 0 aliphatic rings. The van der Waals surface area contributed by atoms with E-state index in [-0.39, 0.29) is 12.0 Å². The minimum absolute atomic E-state index is 0.00735. The topological polar surface area (TPSA) is 68.2 Å². The Bertz CT molecular complexity index is 751. The smallest absolute Gasteiger partial charge is 0.340 e. The average Bonchev–Trinajstić information content (AvgIpc) is 3.08. The van der Waals surface area contributed by atoms with Crippen molar-refractivity contribution >= 4 is 39.6 Å². The SMILES string of the molecule is CCn1cc(C(C)NC(=S)Nc2sc(C)cc2C(=O)OC)c(C)n1. The number of nitrogens with zero attached hydrogens (tertiary/aromatic N) is 2. The molecule has 130 valence electrons. The highest BCUT2D eigenvalue weighted by Gasteiger charge is 2.18. The molecule has 8 heteroatoms. The average molecular weight is 367 g/mol. The van der Waals surface area contributed by atoms with Crippen molar-refractivity contribution in [2.45, 2.75) is 40.3 Å². The van der Waals surface area contributed by atoms with Crippen molar-refractivity contribution in [2.75, 3.05) is 12.4 Å². The quantitative estimate of drug-likeness (QED) is 0.624. The van der Waals surface area contributed by atoms with Crippen LogP contribution in [0, 0.1) is 13.8 Å². The van der Waals surface area contributed by atoms with Crippen molar-refractivity contribution in [2.24, 2.45) is 0 Å². The van der Waals surface area contributed by atoms with Gasteiger partial charge in [0.15, 0.2) is 5.11 Å². The van der Waals surface area contributed by atoms with Crippen LogP contribution in [0.1, 0.15) is 46.4 Å². The zero-order valence-corrected chi connectivity index (χ0v) is 16.1. The molecule has 0 aromatic carbocycles. The zero-order chi connectivity index (χ0) is 17.9. The van der Waals surface area contributed by atoms with Gasteiger partial charge in [-0.3, -0.25) is 4.68 Å². The van der Waals surface area contributed by atoms with Crippen LogP contribution in [-0.4, -0.2) is 28.0 Å². The molecule has 0 fully saturated rings. The summed E-state index contributed by atoms with van der Waals surface area (Å²) < 4.78 is 6.71. The number of thiophene rings is 1. The van der Waals surface area contributed by atoms with Crippen LogP contribution < -0.4 is 10.6 Å². The number of hydrogen-bond acceptors (Lipinski definition) is 5. The van der Waals surface area contributed by atoms with Gasteiger partial charge in [-0.1, -0.05) is 0 Å². The lowest BCUT2D eigenvalue weighted by Crippen LogP contribution is -2.31. The van der Waals surface area contributed by atoms with Crippen molar-refractivity contribution in [1.82, 2.24) is 15.1 Å². The lowest BCUT2D eigenvalue weighted by Gasteiger charge is -2.16. The summed E-state index contributed by atoms with van der Waals surface area (Å²) in [6, 6.07) is 1.80. The summed E-state index contributed by atoms with van der Waals surface area (Å²) in [5.41, 5.74) is 2.56. The minimum Gasteiger partial charge on any atom is -0.465 e. The van der Waals surface area contributed by atoms with Crippen LogP contribution in [0.3, 0.4) is 0 Å². The Labute approximate surface area is 151 Å². The number of aromatic nitrogens is 2. The molecule has 2 rings (SSSR count). The summed E-state index contributed by atoms with van der Waals surface area (Å²) in [4.78, 5) is 12.8. The molecule has 0 amide bonds. The zero-order valence-electron chi connectivity index (χ0n) is 14.5. The maximum Gasteiger partial charge on any atom is 0.340 e. The number of carbonyl (C=O) groups excluding carboxylic acids is 1. The first kappa shape index (κ1) is 18.4. The van der Waals surface area contributed by atoms with E-state index in [0.29, 0.717) is 15.7 Å². The molecule has 24 heavy (non-hydrogen) atoms. The molecule has 6 nitrogen and oxygen atoms in total. The standard InChI is InChI=1S/C16H22N4O2S2/c1-6-20-8-13(11(4)19-20)10(3)17-16(23)18-14-12(15(21)22-5)7-9(2)24-14/h7-8,10H,6H2,1-5H3,(H2,17,18,23). The van der Waals surface area contributed by atoms with Gasteiger partial charge in [0.1, 0.15) is 5.00 Å². The molecule has 2 aromatic rings. The lowest BCUT2D eigenvalue weighted by atomic mass is 10.1. The molecule has 2 N–H and O–H groups in total. The second-order valence-electron chi connectivity index (χ2n) is 5.44. The molecular weight excluding hydrogens is 344 g/mol. The molecule has 0 saturated carbocycles. The minimum atomic E-state index is -0.377. The molecule has 2 heterocycles. The second kappa shape index (κ2) is 7.76. The van der Waals surface area contributed by atoms with Gasteiger partial charge in [-0.05, 0) is 46.0 Å². The third-order valence-electron chi connectivity index (χ3n) is 3.61. The maximum absolute atomic E-state index is 11.8. The van der Waals surface area contributed by atoms with Gasteiger partial charge in [0, 0.05) is 23.2 Å². The number of ether oxygens (including phenoxy) is 1. The Balaban J connectivity index is 2.08. The normalized spacial score (nSPS) is 11.9. The highest BCUT2D eigenvalue weighted by molar-refractivity contribution is 7.80. The van der Waals surface area contributed by atoms with E-state index in [1.807, 2.05) is 38.6 Å². The van der Waals surface area contributed by atoms with Gasteiger partial charge in [0.2, 0.25) is 0 Å². The highest BCUT2D eigenvalue weighted by atomic mass is 32.1. The van der Waals surface area contributed by atoms with Crippen molar-refractivity contribution in [3.8, 4) is 0 Å². The van der Waals surface area contributed by atoms with Crippen LogP contribution in [0.2, 0.25) is 0 Å². The van der Waals surface area contributed by atoms with E-state index in [1.165, 1.54) is 18.4 Å². The van der Waals surface area contributed by atoms with Gasteiger partial charge in [-0.15, -0.1) is 11.3 Å². The maximum atomic E-state index is 11.8. The molecular formula is C16H22N4O2S2. The molecule has 0 bridgehead atoms. The fourth-order valence-corrected chi connectivity index (χ4v) is 3.65. The number of aryl methyl sites for hydroxylation is 3. The fourth-order valence-electron chi connectivity index (χ4n) is 2.40. The first-order valence-electron chi connectivity index (χ1n) is 7.65. The Morgan fingerprint density at radius 3 is 2.79 bits per heavy atom. The van der Waals surface area contributed by atoms with Crippen LogP contribution in [0.5, 0.6) is 0 Å². The number of methoxy groups -OCH3 is 1. The first-order chi connectivity index (χ1) is 11.3. The van der Waals surface area contributed by atoms with Crippen LogP contribution in [0.4, 0.5) is 5.00 Å². The van der Waals surface area contributed by atoms with Crippen LogP contribution in [-0.2, 0) is 11.3 Å². The fraction of sp³-hybridized carbons (Fsp3) is 0.438. The van der Waals surface area contributed by atoms with Gasteiger partial charge in [-0.25, -0.2) is 4.79 Å². The summed E-state index contributed by atoms with van der Waals surface area (Å²) in [6.07, 6.45) is 2.02. The molecule has 0 radical (unpaired) electrons. The van der Waals surface area contributed by atoms with Gasteiger partial charge in [-0.2, -0.15) is 5.10 Å². The van der Waals surface area contributed by atoms with Crippen LogP contribution >= 0.6 is 23.6 Å². The summed E-state index contributed by atoms with van der Waals surface area (Å²) in [5.74, 6) is -0.377. The van der Waals surface area contributed by atoms with Gasteiger partial charge in [0.25, 0.3) is 0 Å². The summed E-state index contributed by atoms with van der Waals surface area (Å²) in [7, 11) is 1.37. The van der Waals surface area contributed by atoms with E-state index in [0.717, 1.165) is 22.7 Å². The third kappa shape index (κ3) is 4.12. The van der Waals surface area contributed by atoms with Crippen LogP contribution in [0.25, 0.3) is 0 Å². The van der Waals surface area contributed by atoms with Gasteiger partial charge >= 0.3 is 5.97 Å². The third-order valence-corrected chi connectivity index (χ3v) is 4.80. The van der Waals surface area contributed by atoms with Crippen LogP contribution in [0.15, 0.2) is 12.3 Å². The van der Waals surface area contributed by atoms with E-state index < -0.39 is 0 Å². The molecule has 0 spiro atoms. The molecule has 2 aromatic heterocycles. The van der Waals surface area contributed by atoms with Crippen molar-refractivity contribution < 1.29 is 9.53 Å². The van der Waals surface area contributed by atoms with E-state index >= 15 is 0 Å². The predicted molar refractivity (Wildman–Crippen MR) is 101 cm³/mol. The number of carbonyl (C=O) groups is 1. The molecule has 0 saturated heterocycles. The van der Waals surface area contributed by atoms with E-state index in [4.69, 9.17) is 17.0 Å². The molecule has 0 aliphatic heterocycles. The molecule has 0 aliphatic carbocycles. The Morgan fingerprint density at radius 1 is 1.50 bits per heavy atom. The number of rotatable bonds is 5. The molecule has 1 atom stereocenters. The monoisotopic (exact) mass is 366 g/mol. The van der Waals surface area contributed by atoms with E-state index in [2.05, 4.69) is 15.7 Å². The molecule has 1 unspecified atom stereocenters. The number of thiocarbonyl (C=S) groups is 1. The number of nitrogens with one attached hydrogen (secondary N) is 2. The number of hydrogen-bond donors (Lipinski definition) is 2. The summed E-state index contributed by atoms with van der Waals surface area (Å²) >= 11 is 6.85. The Hall–Kier alpha value is -1.93. The summed E-state index contributed by atoms with van der Waals surface area (Å²) in [6.45, 7) is 8.82. The highest BCUT2D eigenvalue weighted by Crippen LogP contribution is 2.28. The Kier molecular flexibility index (Phi) is 5.95. The number of anilines is 1. The van der Waals surface area contributed by atoms with Crippen molar-refractivity contribution in [3.63, 3.8) is 0 Å².